The SMILES string of the molecule is Cc1cccc(C)c1C1CCN(CC2CCc3ccccc3N2C(=O)C2CCCCC2)CC1.O=C(C1CCCCC1)N1c2ccccc2CCC1CN1CCCCC1c1ccc(Cl)cc1. The molecule has 6 nitrogen and oxygen atoms in total. The Morgan fingerprint density at radius 1 is 0.523 bits per heavy atom. The molecule has 2 aliphatic carbocycles. The van der Waals surface area contributed by atoms with Crippen molar-refractivity contribution < 1.29 is 9.59 Å². The molecule has 0 N–H and O–H groups in total. The molecule has 2 saturated heterocycles. The van der Waals surface area contributed by atoms with E-state index < -0.39 is 0 Å². The highest BCUT2D eigenvalue weighted by Crippen LogP contribution is 2.40. The van der Waals surface area contributed by atoms with Crippen molar-refractivity contribution in [2.24, 2.45) is 11.8 Å². The fraction of sp³-hybridized carbons (Fsp3) is 0.552. The molecule has 0 spiro atoms. The summed E-state index contributed by atoms with van der Waals surface area (Å²) in [5.74, 6) is 1.88. The van der Waals surface area contributed by atoms with Gasteiger partial charge in [-0.1, -0.05) is 123 Å². The van der Waals surface area contributed by atoms with Gasteiger partial charge in [0.15, 0.2) is 0 Å². The monoisotopic (exact) mass is 895 g/mol. The number of para-hydroxylation sites is 2. The summed E-state index contributed by atoms with van der Waals surface area (Å²) >= 11 is 6.16. The summed E-state index contributed by atoms with van der Waals surface area (Å²) < 4.78 is 0. The topological polar surface area (TPSA) is 47.1 Å². The van der Waals surface area contributed by atoms with Crippen molar-refractivity contribution in [2.45, 2.75) is 160 Å². The lowest BCUT2D eigenvalue weighted by Gasteiger charge is -2.44. The van der Waals surface area contributed by atoms with Crippen LogP contribution in [0.15, 0.2) is 91.0 Å². The molecule has 6 aliphatic rings. The fourth-order valence-corrected chi connectivity index (χ4v) is 13.1. The normalized spacial score (nSPS) is 23.8. The second-order valence-electron chi connectivity index (χ2n) is 20.7. The Hall–Kier alpha value is -3.97. The summed E-state index contributed by atoms with van der Waals surface area (Å²) in [7, 11) is 0. The number of anilines is 2. The first-order valence-corrected chi connectivity index (χ1v) is 26.3. The molecule has 10 rings (SSSR count). The number of hydrogen-bond acceptors (Lipinski definition) is 4. The van der Waals surface area contributed by atoms with Crippen LogP contribution >= 0.6 is 11.6 Å². The Morgan fingerprint density at radius 2 is 1.03 bits per heavy atom. The first-order chi connectivity index (χ1) is 31.8. The number of nitrogens with zero attached hydrogens (tertiary/aromatic N) is 4. The molecule has 4 aromatic rings. The minimum Gasteiger partial charge on any atom is -0.308 e. The number of carbonyl (C=O) groups is 2. The number of halogens is 1. The highest BCUT2D eigenvalue weighted by molar-refractivity contribution is 6.30. The van der Waals surface area contributed by atoms with Gasteiger partial charge in [-0.3, -0.25) is 14.5 Å². The second kappa shape index (κ2) is 21.8. The van der Waals surface area contributed by atoms with Gasteiger partial charge in [0.05, 0.1) is 0 Å². The molecule has 2 saturated carbocycles. The van der Waals surface area contributed by atoms with Gasteiger partial charge in [-0.05, 0) is 174 Å². The van der Waals surface area contributed by atoms with Crippen LogP contribution in [0.5, 0.6) is 0 Å². The Kier molecular flexibility index (Phi) is 15.5. The smallest absolute Gasteiger partial charge is 0.230 e. The van der Waals surface area contributed by atoms with E-state index in [2.05, 4.69) is 112 Å². The van der Waals surface area contributed by atoms with Crippen LogP contribution in [-0.2, 0) is 22.4 Å². The molecule has 0 bridgehead atoms. The first kappa shape index (κ1) is 46.2. The van der Waals surface area contributed by atoms with Gasteiger partial charge in [-0.25, -0.2) is 0 Å². The van der Waals surface area contributed by atoms with Gasteiger partial charge < -0.3 is 14.7 Å². The van der Waals surface area contributed by atoms with Crippen molar-refractivity contribution in [1.82, 2.24) is 9.80 Å². The van der Waals surface area contributed by atoms with E-state index in [0.717, 1.165) is 89.1 Å². The van der Waals surface area contributed by atoms with E-state index in [9.17, 15) is 9.59 Å². The van der Waals surface area contributed by atoms with E-state index >= 15 is 0 Å². The van der Waals surface area contributed by atoms with Gasteiger partial charge in [0.1, 0.15) is 0 Å². The maximum Gasteiger partial charge on any atom is 0.230 e. The van der Waals surface area contributed by atoms with E-state index in [4.69, 9.17) is 11.6 Å². The second-order valence-corrected chi connectivity index (χ2v) is 21.1. The van der Waals surface area contributed by atoms with Gasteiger partial charge in [-0.15, -0.1) is 0 Å². The van der Waals surface area contributed by atoms with Crippen LogP contribution in [0.1, 0.15) is 154 Å². The molecule has 346 valence electrons. The minimum atomic E-state index is 0.200. The molecule has 0 aromatic heterocycles. The number of likely N-dealkylation sites (tertiary alicyclic amines) is 2. The molecule has 3 atom stereocenters. The third-order valence-corrected chi connectivity index (χ3v) is 16.7. The third-order valence-electron chi connectivity index (χ3n) is 16.4. The predicted octanol–water partition coefficient (Wildman–Crippen LogP) is 13.2. The van der Waals surface area contributed by atoms with E-state index in [1.165, 1.54) is 110 Å². The van der Waals surface area contributed by atoms with Crippen LogP contribution in [0, 0.1) is 25.7 Å². The average molecular weight is 896 g/mol. The van der Waals surface area contributed by atoms with Crippen molar-refractivity contribution >= 4 is 34.8 Å². The maximum absolute atomic E-state index is 13.8. The Labute approximate surface area is 396 Å². The summed E-state index contributed by atoms with van der Waals surface area (Å²) in [6, 6.07) is 33.4. The van der Waals surface area contributed by atoms with Crippen molar-refractivity contribution in [2.75, 3.05) is 42.5 Å². The van der Waals surface area contributed by atoms with Crippen LogP contribution in [0.2, 0.25) is 5.02 Å². The highest BCUT2D eigenvalue weighted by atomic mass is 35.5. The zero-order valence-electron chi connectivity index (χ0n) is 39.6. The van der Waals surface area contributed by atoms with Crippen molar-refractivity contribution in [3.05, 3.63) is 129 Å². The standard InChI is InChI=1S/C30H40N2O.C28H35ClN2O/c1-22-9-8-10-23(2)29(22)25-17-19-31(20-18-25)21-27-16-15-24-11-6-7-14-28(24)32(27)30(33)26-12-4-3-5-13-26;29-24-16-13-22(14-17-24)26-11-6-7-19-30(26)20-25-18-15-21-8-4-5-12-27(21)31(25)28(32)23-9-2-1-3-10-23/h6-11,14,25-27H,3-5,12-13,15-21H2,1-2H3;4-5,8,12-14,16-17,23,25-26H,1-3,6-7,9-11,15,18-20H2. The summed E-state index contributed by atoms with van der Waals surface area (Å²) in [5, 5.41) is 0.796. The van der Waals surface area contributed by atoms with E-state index in [1.807, 2.05) is 12.1 Å². The molecule has 4 aliphatic heterocycles. The lowest BCUT2D eigenvalue weighted by atomic mass is 9.83. The summed E-state index contributed by atoms with van der Waals surface area (Å²) in [6.45, 7) is 9.90. The predicted molar refractivity (Wildman–Crippen MR) is 269 cm³/mol. The lowest BCUT2D eigenvalue weighted by molar-refractivity contribution is -0.124. The number of piperidine rings is 2. The molecule has 4 heterocycles. The van der Waals surface area contributed by atoms with Crippen LogP contribution in [0.3, 0.4) is 0 Å². The lowest BCUT2D eigenvalue weighted by Crippen LogP contribution is -2.52. The van der Waals surface area contributed by atoms with E-state index in [1.54, 1.807) is 5.56 Å². The molecule has 4 fully saturated rings. The van der Waals surface area contributed by atoms with Gasteiger partial charge in [0.25, 0.3) is 0 Å². The van der Waals surface area contributed by atoms with Crippen LogP contribution in [0.25, 0.3) is 0 Å². The Balaban J connectivity index is 0.000000164. The zero-order chi connectivity index (χ0) is 44.7. The van der Waals surface area contributed by atoms with Crippen molar-refractivity contribution in [3.63, 3.8) is 0 Å². The minimum absolute atomic E-state index is 0.200. The first-order valence-electron chi connectivity index (χ1n) is 25.9. The van der Waals surface area contributed by atoms with Crippen LogP contribution in [0.4, 0.5) is 11.4 Å². The van der Waals surface area contributed by atoms with Crippen LogP contribution in [-0.4, -0.2) is 66.4 Å². The van der Waals surface area contributed by atoms with Crippen LogP contribution < -0.4 is 9.80 Å². The van der Waals surface area contributed by atoms with Gasteiger partial charge >= 0.3 is 0 Å². The van der Waals surface area contributed by atoms with E-state index in [0.29, 0.717) is 29.8 Å². The maximum atomic E-state index is 13.8. The largest absolute Gasteiger partial charge is 0.308 e. The highest BCUT2D eigenvalue weighted by Gasteiger charge is 2.39. The Bertz CT molecular complexity index is 2180. The number of hydrogen-bond donors (Lipinski definition) is 0. The van der Waals surface area contributed by atoms with E-state index in [-0.39, 0.29) is 17.9 Å². The molecular formula is C58H75ClN4O2. The fourth-order valence-electron chi connectivity index (χ4n) is 13.0. The number of rotatable bonds is 8. The molecule has 65 heavy (non-hydrogen) atoms. The number of fused-ring (bicyclic) bond motifs is 2. The summed E-state index contributed by atoms with van der Waals surface area (Å²) in [4.78, 5) is 37.4. The molecule has 3 unspecified atom stereocenters. The zero-order valence-corrected chi connectivity index (χ0v) is 40.3. The molecule has 7 heteroatoms. The van der Waals surface area contributed by atoms with Gasteiger partial charge in [-0.2, -0.15) is 0 Å². The molecular weight excluding hydrogens is 820 g/mol. The molecule has 2 amide bonds. The van der Waals surface area contributed by atoms with Crippen molar-refractivity contribution in [3.8, 4) is 0 Å². The van der Waals surface area contributed by atoms with Gasteiger partial charge in [0, 0.05) is 59.4 Å². The summed E-state index contributed by atoms with van der Waals surface area (Å²) in [6.07, 6.45) is 22.1. The average Bonchev–Trinajstić information content (AvgIpc) is 3.35. The molecule has 0 radical (unpaired) electrons. The van der Waals surface area contributed by atoms with Crippen molar-refractivity contribution in [1.29, 1.82) is 0 Å². The Morgan fingerprint density at radius 3 is 1.58 bits per heavy atom. The third kappa shape index (κ3) is 10.8. The summed E-state index contributed by atoms with van der Waals surface area (Å²) in [5.41, 5.74) is 10.9. The quantitative estimate of drug-likeness (QED) is 0.177. The molecule has 4 aromatic carbocycles. The number of amides is 2. The number of carbonyl (C=O) groups excluding carboxylic acids is 2. The number of benzene rings is 4. The number of aryl methyl sites for hydroxylation is 4. The van der Waals surface area contributed by atoms with Gasteiger partial charge in [0.2, 0.25) is 11.8 Å².